The number of carboxylic acids is 1. The second-order valence-corrected chi connectivity index (χ2v) is 14.0. The van der Waals surface area contributed by atoms with Crippen molar-refractivity contribution in [3.05, 3.63) is 95.6 Å². The highest BCUT2D eigenvalue weighted by Gasteiger charge is 2.38. The lowest BCUT2D eigenvalue weighted by Gasteiger charge is -2.29. The molecule has 0 saturated carbocycles. The van der Waals surface area contributed by atoms with Gasteiger partial charge in [0.25, 0.3) is 0 Å². The predicted octanol–water partition coefficient (Wildman–Crippen LogP) is 2.88. The molecule has 0 bridgehead atoms. The molecule has 1 aliphatic heterocycles. The number of primary amides is 1. The van der Waals surface area contributed by atoms with Crippen LogP contribution in [0.2, 0.25) is 0 Å². The van der Waals surface area contributed by atoms with Crippen molar-refractivity contribution in [2.75, 3.05) is 17.2 Å². The van der Waals surface area contributed by atoms with Gasteiger partial charge >= 0.3 is 12.0 Å². The molecule has 15 heteroatoms. The topological polar surface area (TPSA) is 229 Å². The monoisotopic (exact) mass is 755 g/mol. The first kappa shape index (κ1) is 41.5. The Morgan fingerprint density at radius 1 is 0.782 bits per heavy atom. The third-order valence-electron chi connectivity index (χ3n) is 9.10. The molecule has 15 nitrogen and oxygen atoms in total. The van der Waals surface area contributed by atoms with E-state index in [1.807, 2.05) is 39.0 Å². The van der Waals surface area contributed by atoms with E-state index >= 15 is 0 Å². The number of carboxylic acid groups (broad SMARTS) is 1. The summed E-state index contributed by atoms with van der Waals surface area (Å²) >= 11 is 0. The maximum absolute atomic E-state index is 13.7. The van der Waals surface area contributed by atoms with Gasteiger partial charge in [-0.25, -0.2) is 4.79 Å². The number of benzene rings is 3. The number of hydrogen-bond donors (Lipinski definition) is 7. The van der Waals surface area contributed by atoms with Crippen LogP contribution in [0.15, 0.2) is 78.9 Å². The number of urea groups is 1. The summed E-state index contributed by atoms with van der Waals surface area (Å²) in [5.41, 5.74) is 8.91. The average Bonchev–Trinajstić information content (AvgIpc) is 3.63. The number of aliphatic carboxylic acids is 1. The Morgan fingerprint density at radius 3 is 2.05 bits per heavy atom. The third-order valence-corrected chi connectivity index (χ3v) is 9.10. The Bertz CT molecular complexity index is 1850. The van der Waals surface area contributed by atoms with Crippen LogP contribution in [0.5, 0.6) is 0 Å². The number of nitrogens with two attached hydrogens (primary N) is 1. The molecule has 0 aliphatic carbocycles. The minimum atomic E-state index is -1.60. The van der Waals surface area contributed by atoms with E-state index < -0.39 is 72.1 Å². The molecule has 3 aromatic carbocycles. The fourth-order valence-electron chi connectivity index (χ4n) is 6.34. The molecule has 55 heavy (non-hydrogen) atoms. The van der Waals surface area contributed by atoms with Crippen molar-refractivity contribution in [3.63, 3.8) is 0 Å². The van der Waals surface area contributed by atoms with Gasteiger partial charge in [-0.15, -0.1) is 0 Å². The highest BCUT2D eigenvalue weighted by molar-refractivity contribution is 6.00. The molecular formula is C40H49N7O8. The minimum absolute atomic E-state index is 0.0325. The van der Waals surface area contributed by atoms with Crippen LogP contribution in [0, 0.1) is 12.8 Å². The molecule has 4 atom stereocenters. The average molecular weight is 756 g/mol. The van der Waals surface area contributed by atoms with Crippen LogP contribution in [0.4, 0.5) is 16.2 Å². The normalized spacial score (nSPS) is 15.3. The SMILES string of the molecule is Cc1ccccc1NC(=O)Nc1ccc(CC(=O)NC(CC(C)C)C(=O)N[C@@H](CC(=O)O)C(=O)NC(Cc2ccccc2)C(=O)N2CCC[C@@H]2C(N)=O)cc1. The third kappa shape index (κ3) is 12.7. The van der Waals surface area contributed by atoms with Gasteiger partial charge in [0, 0.05) is 24.3 Å². The summed E-state index contributed by atoms with van der Waals surface area (Å²) in [5.74, 6) is -4.88. The van der Waals surface area contributed by atoms with Gasteiger partial charge in [-0.3, -0.25) is 28.8 Å². The molecule has 1 aliphatic rings. The molecular weight excluding hydrogens is 706 g/mol. The fourth-order valence-corrected chi connectivity index (χ4v) is 6.34. The zero-order valence-corrected chi connectivity index (χ0v) is 31.2. The Hall–Kier alpha value is -6.25. The Balaban J connectivity index is 1.42. The zero-order valence-electron chi connectivity index (χ0n) is 31.2. The van der Waals surface area contributed by atoms with E-state index in [1.54, 1.807) is 60.7 Å². The maximum atomic E-state index is 13.7. The maximum Gasteiger partial charge on any atom is 0.323 e. The van der Waals surface area contributed by atoms with E-state index in [2.05, 4.69) is 26.6 Å². The number of likely N-dealkylation sites (tertiary alicyclic amines) is 1. The van der Waals surface area contributed by atoms with E-state index in [9.17, 15) is 38.7 Å². The molecule has 2 unspecified atom stereocenters. The molecule has 292 valence electrons. The lowest BCUT2D eigenvalue weighted by atomic mass is 10.0. The van der Waals surface area contributed by atoms with Crippen molar-refractivity contribution >= 4 is 52.9 Å². The van der Waals surface area contributed by atoms with Crippen LogP contribution in [-0.2, 0) is 41.6 Å². The summed E-state index contributed by atoms with van der Waals surface area (Å²) in [6.07, 6.45) is 0.221. The quantitative estimate of drug-likeness (QED) is 0.108. The van der Waals surface area contributed by atoms with E-state index in [0.717, 1.165) is 5.56 Å². The van der Waals surface area contributed by atoms with Crippen LogP contribution in [0.25, 0.3) is 0 Å². The molecule has 0 aromatic heterocycles. The van der Waals surface area contributed by atoms with Crippen molar-refractivity contribution in [2.24, 2.45) is 11.7 Å². The molecule has 1 fully saturated rings. The summed E-state index contributed by atoms with van der Waals surface area (Å²) < 4.78 is 0. The van der Waals surface area contributed by atoms with Crippen LogP contribution in [0.3, 0.4) is 0 Å². The summed E-state index contributed by atoms with van der Waals surface area (Å²) in [6, 6.07) is 17.6. The Morgan fingerprint density at radius 2 is 1.42 bits per heavy atom. The van der Waals surface area contributed by atoms with Gasteiger partial charge in [0.15, 0.2) is 0 Å². The smallest absolute Gasteiger partial charge is 0.323 e. The standard InChI is InChI=1S/C40H49N7O8/c1-24(2)20-30(43-34(48)22-27-15-17-28(18-16-27)42-40(55)46-29-13-8-7-10-25(29)3)37(52)44-31(23-35(49)50)38(53)45-32(21-26-11-5-4-6-12-26)39(54)47-19-9-14-33(47)36(41)51/h4-8,10-13,15-18,24,30-33H,9,14,19-23H2,1-3H3,(H2,41,51)(H,43,48)(H,44,52)(H,45,53)(H,49,50)(H2,42,46,55)/t30?,31-,32?,33+/m0/s1. The lowest BCUT2D eigenvalue weighted by Crippen LogP contribution is -2.59. The van der Waals surface area contributed by atoms with Crippen LogP contribution in [-0.4, -0.2) is 82.3 Å². The van der Waals surface area contributed by atoms with Gasteiger partial charge in [-0.2, -0.15) is 0 Å². The Kier molecular flexibility index (Phi) is 14.9. The number of rotatable bonds is 17. The second-order valence-electron chi connectivity index (χ2n) is 14.0. The first-order chi connectivity index (χ1) is 26.2. The van der Waals surface area contributed by atoms with Crippen molar-refractivity contribution in [1.29, 1.82) is 0 Å². The molecule has 0 spiro atoms. The number of para-hydroxylation sites is 1. The summed E-state index contributed by atoms with van der Waals surface area (Å²) in [7, 11) is 0. The van der Waals surface area contributed by atoms with E-state index in [4.69, 9.17) is 5.73 Å². The number of nitrogens with zero attached hydrogens (tertiary/aromatic N) is 1. The van der Waals surface area contributed by atoms with E-state index in [-0.39, 0.29) is 31.7 Å². The molecule has 7 amide bonds. The number of hydrogen-bond acceptors (Lipinski definition) is 7. The summed E-state index contributed by atoms with van der Waals surface area (Å²) in [5, 5.41) is 23.0. The summed E-state index contributed by atoms with van der Waals surface area (Å²) in [6.45, 7) is 5.81. The first-order valence-electron chi connectivity index (χ1n) is 18.2. The molecule has 0 radical (unpaired) electrons. The number of carbonyl (C=O) groups excluding carboxylic acids is 6. The van der Waals surface area contributed by atoms with Gasteiger partial charge in [0.1, 0.15) is 24.2 Å². The fraction of sp³-hybridized carbons (Fsp3) is 0.375. The second kappa shape index (κ2) is 19.7. The van der Waals surface area contributed by atoms with Gasteiger partial charge in [0.2, 0.25) is 29.5 Å². The van der Waals surface area contributed by atoms with Crippen molar-refractivity contribution in [1.82, 2.24) is 20.9 Å². The van der Waals surface area contributed by atoms with Gasteiger partial charge in [-0.05, 0) is 67.0 Å². The molecule has 1 saturated heterocycles. The van der Waals surface area contributed by atoms with Gasteiger partial charge in [-0.1, -0.05) is 74.5 Å². The number of aryl methyl sites for hydroxylation is 1. The van der Waals surface area contributed by atoms with E-state index in [0.29, 0.717) is 35.3 Å². The first-order valence-corrected chi connectivity index (χ1v) is 18.2. The van der Waals surface area contributed by atoms with Crippen LogP contribution >= 0.6 is 0 Å². The van der Waals surface area contributed by atoms with Crippen LogP contribution < -0.4 is 32.3 Å². The number of amides is 7. The van der Waals surface area contributed by atoms with Gasteiger partial charge in [0.05, 0.1) is 12.8 Å². The van der Waals surface area contributed by atoms with Crippen molar-refractivity contribution in [2.45, 2.75) is 83.5 Å². The minimum Gasteiger partial charge on any atom is -0.481 e. The highest BCUT2D eigenvalue weighted by atomic mass is 16.4. The molecule has 4 rings (SSSR count). The Labute approximate surface area is 319 Å². The summed E-state index contributed by atoms with van der Waals surface area (Å²) in [4.78, 5) is 92.0. The number of carbonyl (C=O) groups is 7. The van der Waals surface area contributed by atoms with Gasteiger partial charge < -0.3 is 42.3 Å². The van der Waals surface area contributed by atoms with Crippen molar-refractivity contribution in [3.8, 4) is 0 Å². The molecule has 8 N–H and O–H groups in total. The predicted molar refractivity (Wildman–Crippen MR) is 206 cm³/mol. The number of nitrogens with one attached hydrogen (secondary N) is 5. The largest absolute Gasteiger partial charge is 0.481 e. The van der Waals surface area contributed by atoms with E-state index in [1.165, 1.54) is 4.90 Å². The van der Waals surface area contributed by atoms with Crippen LogP contribution in [0.1, 0.15) is 56.2 Å². The van der Waals surface area contributed by atoms with Crippen molar-refractivity contribution < 1.29 is 38.7 Å². The zero-order chi connectivity index (χ0) is 40.1. The molecule has 1 heterocycles. The molecule has 3 aromatic rings. The highest BCUT2D eigenvalue weighted by Crippen LogP contribution is 2.20. The lowest BCUT2D eigenvalue weighted by molar-refractivity contribution is -0.143. The number of anilines is 2.